The van der Waals surface area contributed by atoms with E-state index in [2.05, 4.69) is 55.6 Å². The van der Waals surface area contributed by atoms with Crippen molar-refractivity contribution in [2.24, 2.45) is 5.41 Å². The van der Waals surface area contributed by atoms with Crippen LogP contribution >= 0.6 is 12.6 Å². The molecule has 1 aromatic carbocycles. The van der Waals surface area contributed by atoms with E-state index in [0.717, 1.165) is 18.8 Å². The van der Waals surface area contributed by atoms with Crippen molar-refractivity contribution in [2.75, 3.05) is 12.3 Å². The lowest BCUT2D eigenvalue weighted by Crippen LogP contribution is -2.36. The van der Waals surface area contributed by atoms with Gasteiger partial charge in [0.15, 0.2) is 0 Å². The van der Waals surface area contributed by atoms with Crippen molar-refractivity contribution in [1.82, 2.24) is 4.90 Å². The van der Waals surface area contributed by atoms with Crippen LogP contribution in [0.3, 0.4) is 0 Å². The molecule has 2 heteroatoms. The van der Waals surface area contributed by atoms with Crippen molar-refractivity contribution in [3.63, 3.8) is 0 Å². The molecule has 0 N–H and O–H groups in total. The maximum Gasteiger partial charge on any atom is 0.0240 e. The average molecular weight is 277 g/mol. The summed E-state index contributed by atoms with van der Waals surface area (Å²) in [6.07, 6.45) is 5.14. The molecule has 1 nitrogen and oxygen atoms in total. The standard InChI is InChI=1S/C17H27NS/c1-3-9-17(14-19,10-4-2)13-18-11-15-7-5-6-8-16(15)12-18/h5-8,19H,3-4,9-14H2,1-2H3. The van der Waals surface area contributed by atoms with Gasteiger partial charge in [0.1, 0.15) is 0 Å². The predicted octanol–water partition coefficient (Wildman–Crippen LogP) is 4.52. The SMILES string of the molecule is CCCC(CS)(CCC)CN1Cc2ccccc2C1. The van der Waals surface area contributed by atoms with Gasteiger partial charge >= 0.3 is 0 Å². The Hall–Kier alpha value is -0.470. The summed E-state index contributed by atoms with van der Waals surface area (Å²) in [6.45, 7) is 8.05. The second-order valence-electron chi connectivity index (χ2n) is 6.07. The van der Waals surface area contributed by atoms with E-state index in [1.165, 1.54) is 43.4 Å². The monoisotopic (exact) mass is 277 g/mol. The molecular weight excluding hydrogens is 250 g/mol. The van der Waals surface area contributed by atoms with E-state index in [0.29, 0.717) is 5.41 Å². The van der Waals surface area contributed by atoms with Crippen molar-refractivity contribution in [1.29, 1.82) is 0 Å². The molecule has 0 saturated carbocycles. The molecule has 0 unspecified atom stereocenters. The van der Waals surface area contributed by atoms with E-state index in [1.807, 2.05) is 0 Å². The lowest BCUT2D eigenvalue weighted by molar-refractivity contribution is 0.146. The molecule has 106 valence electrons. The van der Waals surface area contributed by atoms with Gasteiger partial charge in [0.2, 0.25) is 0 Å². The molecule has 0 atom stereocenters. The summed E-state index contributed by atoms with van der Waals surface area (Å²) in [5, 5.41) is 0. The first-order chi connectivity index (χ1) is 9.23. The molecule has 0 radical (unpaired) electrons. The predicted molar refractivity (Wildman–Crippen MR) is 86.7 cm³/mol. The van der Waals surface area contributed by atoms with Crippen LogP contribution in [0.1, 0.15) is 50.7 Å². The Morgan fingerprint density at radius 1 is 1.05 bits per heavy atom. The fourth-order valence-corrected chi connectivity index (χ4v) is 3.96. The van der Waals surface area contributed by atoms with Crippen molar-refractivity contribution < 1.29 is 0 Å². The third-order valence-corrected chi connectivity index (χ3v) is 5.03. The lowest BCUT2D eigenvalue weighted by atomic mass is 9.80. The Balaban J connectivity index is 2.03. The lowest BCUT2D eigenvalue weighted by Gasteiger charge is -2.36. The van der Waals surface area contributed by atoms with Gasteiger partial charge in [0.25, 0.3) is 0 Å². The first-order valence-corrected chi connectivity index (χ1v) is 8.26. The van der Waals surface area contributed by atoms with Gasteiger partial charge in [-0.05, 0) is 35.1 Å². The Morgan fingerprint density at radius 3 is 2.00 bits per heavy atom. The molecule has 0 aliphatic carbocycles. The van der Waals surface area contributed by atoms with Crippen molar-refractivity contribution >= 4 is 12.6 Å². The van der Waals surface area contributed by atoms with Gasteiger partial charge in [0.05, 0.1) is 0 Å². The molecule has 1 aromatic rings. The molecule has 1 aliphatic heterocycles. The fraction of sp³-hybridized carbons (Fsp3) is 0.647. The zero-order valence-corrected chi connectivity index (χ0v) is 13.3. The second kappa shape index (κ2) is 6.81. The van der Waals surface area contributed by atoms with Gasteiger partial charge in [-0.1, -0.05) is 51.0 Å². The smallest absolute Gasteiger partial charge is 0.0240 e. The Kier molecular flexibility index (Phi) is 5.35. The van der Waals surface area contributed by atoms with E-state index in [-0.39, 0.29) is 0 Å². The largest absolute Gasteiger partial charge is 0.294 e. The summed E-state index contributed by atoms with van der Waals surface area (Å²) in [5.41, 5.74) is 3.45. The highest BCUT2D eigenvalue weighted by Crippen LogP contribution is 2.35. The normalized spacial score (nSPS) is 15.7. The molecule has 0 spiro atoms. The van der Waals surface area contributed by atoms with E-state index in [4.69, 9.17) is 0 Å². The van der Waals surface area contributed by atoms with Crippen LogP contribution in [0.4, 0.5) is 0 Å². The maximum absolute atomic E-state index is 4.68. The Labute approximate surface area is 123 Å². The van der Waals surface area contributed by atoms with Crippen LogP contribution in [0.15, 0.2) is 24.3 Å². The van der Waals surface area contributed by atoms with Gasteiger partial charge in [-0.15, -0.1) is 0 Å². The van der Waals surface area contributed by atoms with Gasteiger partial charge in [-0.25, -0.2) is 0 Å². The van der Waals surface area contributed by atoms with Gasteiger partial charge in [-0.2, -0.15) is 12.6 Å². The van der Waals surface area contributed by atoms with Crippen LogP contribution in [0.5, 0.6) is 0 Å². The van der Waals surface area contributed by atoms with Gasteiger partial charge in [0, 0.05) is 19.6 Å². The van der Waals surface area contributed by atoms with Crippen molar-refractivity contribution in [3.8, 4) is 0 Å². The van der Waals surface area contributed by atoms with Crippen molar-refractivity contribution in [2.45, 2.75) is 52.6 Å². The number of fused-ring (bicyclic) bond motifs is 1. The maximum atomic E-state index is 4.68. The highest BCUT2D eigenvalue weighted by atomic mass is 32.1. The molecular formula is C17H27NS. The molecule has 0 bridgehead atoms. The van der Waals surface area contributed by atoms with Crippen LogP contribution in [0.25, 0.3) is 0 Å². The van der Waals surface area contributed by atoms with Crippen LogP contribution in [-0.2, 0) is 13.1 Å². The summed E-state index contributed by atoms with van der Waals surface area (Å²) in [4.78, 5) is 2.62. The number of rotatable bonds is 7. The van der Waals surface area contributed by atoms with Crippen LogP contribution in [-0.4, -0.2) is 17.2 Å². The number of hydrogen-bond acceptors (Lipinski definition) is 2. The van der Waals surface area contributed by atoms with Crippen LogP contribution in [0.2, 0.25) is 0 Å². The van der Waals surface area contributed by atoms with Gasteiger partial charge < -0.3 is 0 Å². The topological polar surface area (TPSA) is 3.24 Å². The summed E-state index contributed by atoms with van der Waals surface area (Å²) in [5.74, 6) is 1.02. The fourth-order valence-electron chi connectivity index (χ4n) is 3.54. The van der Waals surface area contributed by atoms with E-state index < -0.39 is 0 Å². The molecule has 0 fully saturated rings. The second-order valence-corrected chi connectivity index (χ2v) is 6.39. The highest BCUT2D eigenvalue weighted by molar-refractivity contribution is 7.80. The summed E-state index contributed by atoms with van der Waals surface area (Å²) in [6, 6.07) is 8.87. The summed E-state index contributed by atoms with van der Waals surface area (Å²) < 4.78 is 0. The number of benzene rings is 1. The first-order valence-electron chi connectivity index (χ1n) is 7.63. The number of thiol groups is 1. The third-order valence-electron chi connectivity index (χ3n) is 4.36. The van der Waals surface area contributed by atoms with Crippen LogP contribution < -0.4 is 0 Å². The molecule has 1 aliphatic rings. The molecule has 2 rings (SSSR count). The summed E-state index contributed by atoms with van der Waals surface area (Å²) in [7, 11) is 0. The van der Waals surface area contributed by atoms with E-state index in [1.54, 1.807) is 0 Å². The Morgan fingerprint density at radius 2 is 1.58 bits per heavy atom. The molecule has 0 amide bonds. The molecule has 0 aromatic heterocycles. The minimum absolute atomic E-state index is 0.411. The molecule has 1 heterocycles. The third kappa shape index (κ3) is 3.55. The van der Waals surface area contributed by atoms with Gasteiger partial charge in [-0.3, -0.25) is 4.90 Å². The van der Waals surface area contributed by atoms with Crippen molar-refractivity contribution in [3.05, 3.63) is 35.4 Å². The minimum Gasteiger partial charge on any atom is -0.294 e. The zero-order chi connectivity index (χ0) is 13.7. The van der Waals surface area contributed by atoms with E-state index in [9.17, 15) is 0 Å². The molecule has 0 saturated heterocycles. The Bertz CT molecular complexity index is 371. The number of hydrogen-bond donors (Lipinski definition) is 1. The summed E-state index contributed by atoms with van der Waals surface area (Å²) >= 11 is 4.68. The number of nitrogens with zero attached hydrogens (tertiary/aromatic N) is 1. The zero-order valence-electron chi connectivity index (χ0n) is 12.4. The average Bonchev–Trinajstić information content (AvgIpc) is 2.81. The quantitative estimate of drug-likeness (QED) is 0.717. The first kappa shape index (κ1) is 14.9. The highest BCUT2D eigenvalue weighted by Gasteiger charge is 2.31. The van der Waals surface area contributed by atoms with Crippen LogP contribution in [0, 0.1) is 5.41 Å². The molecule has 19 heavy (non-hydrogen) atoms. The van der Waals surface area contributed by atoms with E-state index >= 15 is 0 Å². The minimum atomic E-state index is 0.411.